The molecule has 3 heteroatoms. The highest BCUT2D eigenvalue weighted by atomic mass is 16.5. The van der Waals surface area contributed by atoms with E-state index in [0.717, 1.165) is 32.6 Å². The lowest BCUT2D eigenvalue weighted by Crippen LogP contribution is -2.31. The van der Waals surface area contributed by atoms with Crippen molar-refractivity contribution >= 4 is 0 Å². The van der Waals surface area contributed by atoms with Crippen LogP contribution in [0.25, 0.3) is 0 Å². The summed E-state index contributed by atoms with van der Waals surface area (Å²) in [5, 5.41) is 12.6. The molecule has 0 aromatic heterocycles. The summed E-state index contributed by atoms with van der Waals surface area (Å²) < 4.78 is 5.42. The second kappa shape index (κ2) is 8.72. The second-order valence-corrected chi connectivity index (χ2v) is 4.42. The van der Waals surface area contributed by atoms with Crippen molar-refractivity contribution in [2.75, 3.05) is 19.8 Å². The zero-order valence-electron chi connectivity index (χ0n) is 11.1. The van der Waals surface area contributed by atoms with E-state index in [2.05, 4.69) is 18.8 Å². The molecule has 0 spiro atoms. The van der Waals surface area contributed by atoms with E-state index in [9.17, 15) is 5.11 Å². The maximum Gasteiger partial charge on any atom is 0.115 e. The lowest BCUT2D eigenvalue weighted by atomic mass is 10.1. The van der Waals surface area contributed by atoms with Gasteiger partial charge in [0.15, 0.2) is 0 Å². The van der Waals surface area contributed by atoms with Crippen LogP contribution in [0.4, 0.5) is 0 Å². The predicted octanol–water partition coefficient (Wildman–Crippen LogP) is 2.51. The highest BCUT2D eigenvalue weighted by Crippen LogP contribution is 2.11. The number of phenols is 1. The van der Waals surface area contributed by atoms with Crippen LogP contribution >= 0.6 is 0 Å². The van der Waals surface area contributed by atoms with Crippen LogP contribution < -0.4 is 5.32 Å². The SMILES string of the molecule is C=CCCOCCNC(C)Cc1ccc(O)cc1. The minimum atomic E-state index is 0.315. The third-order valence-electron chi connectivity index (χ3n) is 2.68. The minimum absolute atomic E-state index is 0.315. The van der Waals surface area contributed by atoms with Crippen molar-refractivity contribution in [1.82, 2.24) is 5.32 Å². The van der Waals surface area contributed by atoms with Crippen molar-refractivity contribution < 1.29 is 9.84 Å². The summed E-state index contributed by atoms with van der Waals surface area (Å²) in [6.45, 7) is 8.13. The first kappa shape index (κ1) is 14.7. The summed E-state index contributed by atoms with van der Waals surface area (Å²) in [4.78, 5) is 0. The first-order valence-electron chi connectivity index (χ1n) is 6.42. The van der Waals surface area contributed by atoms with E-state index < -0.39 is 0 Å². The zero-order chi connectivity index (χ0) is 13.2. The molecule has 1 aromatic carbocycles. The molecule has 0 bridgehead atoms. The van der Waals surface area contributed by atoms with Crippen LogP contribution in [0.15, 0.2) is 36.9 Å². The van der Waals surface area contributed by atoms with Crippen LogP contribution in [0.1, 0.15) is 18.9 Å². The summed E-state index contributed by atoms with van der Waals surface area (Å²) in [6.07, 6.45) is 3.72. The van der Waals surface area contributed by atoms with E-state index in [1.165, 1.54) is 5.56 Å². The van der Waals surface area contributed by atoms with Gasteiger partial charge in [-0.25, -0.2) is 0 Å². The molecule has 2 N–H and O–H groups in total. The molecule has 0 aliphatic heterocycles. The van der Waals surface area contributed by atoms with Crippen LogP contribution in [-0.4, -0.2) is 30.9 Å². The Hall–Kier alpha value is -1.32. The van der Waals surface area contributed by atoms with Gasteiger partial charge in [0.1, 0.15) is 5.75 Å². The summed E-state index contributed by atoms with van der Waals surface area (Å²) in [7, 11) is 0. The highest BCUT2D eigenvalue weighted by molar-refractivity contribution is 5.26. The number of aromatic hydroxyl groups is 1. The third-order valence-corrected chi connectivity index (χ3v) is 2.68. The van der Waals surface area contributed by atoms with E-state index in [1.807, 2.05) is 18.2 Å². The molecule has 0 saturated heterocycles. The predicted molar refractivity (Wildman–Crippen MR) is 74.9 cm³/mol. The van der Waals surface area contributed by atoms with E-state index >= 15 is 0 Å². The molecule has 0 saturated carbocycles. The first-order valence-corrected chi connectivity index (χ1v) is 6.42. The molecule has 0 aliphatic rings. The van der Waals surface area contributed by atoms with Crippen molar-refractivity contribution in [2.45, 2.75) is 25.8 Å². The molecule has 1 atom stereocenters. The lowest BCUT2D eigenvalue weighted by molar-refractivity contribution is 0.138. The van der Waals surface area contributed by atoms with E-state index in [4.69, 9.17) is 4.74 Å². The Morgan fingerprint density at radius 2 is 2.06 bits per heavy atom. The van der Waals surface area contributed by atoms with Crippen LogP contribution in [0, 0.1) is 0 Å². The molecule has 0 radical (unpaired) electrons. The molecule has 3 nitrogen and oxygen atoms in total. The van der Waals surface area contributed by atoms with Gasteiger partial charge in [-0.1, -0.05) is 18.2 Å². The van der Waals surface area contributed by atoms with Gasteiger partial charge >= 0.3 is 0 Å². The Morgan fingerprint density at radius 3 is 2.72 bits per heavy atom. The Labute approximate surface area is 109 Å². The molecule has 1 rings (SSSR count). The van der Waals surface area contributed by atoms with E-state index in [1.54, 1.807) is 12.1 Å². The van der Waals surface area contributed by atoms with Gasteiger partial charge in [-0.3, -0.25) is 0 Å². The largest absolute Gasteiger partial charge is 0.508 e. The second-order valence-electron chi connectivity index (χ2n) is 4.42. The normalized spacial score (nSPS) is 12.3. The fourth-order valence-corrected chi connectivity index (χ4v) is 1.70. The molecule has 1 aromatic rings. The number of ether oxygens (including phenoxy) is 1. The van der Waals surface area contributed by atoms with Gasteiger partial charge in [0.2, 0.25) is 0 Å². The van der Waals surface area contributed by atoms with Crippen LogP contribution in [0.5, 0.6) is 5.75 Å². The van der Waals surface area contributed by atoms with Gasteiger partial charge in [-0.2, -0.15) is 0 Å². The topological polar surface area (TPSA) is 41.5 Å². The average molecular weight is 249 g/mol. The Kier molecular flexibility index (Phi) is 7.14. The van der Waals surface area contributed by atoms with Gasteiger partial charge in [-0.05, 0) is 37.5 Å². The van der Waals surface area contributed by atoms with E-state index in [-0.39, 0.29) is 0 Å². The smallest absolute Gasteiger partial charge is 0.115 e. The average Bonchev–Trinajstić information content (AvgIpc) is 2.36. The van der Waals surface area contributed by atoms with Crippen LogP contribution in [0.3, 0.4) is 0 Å². The minimum Gasteiger partial charge on any atom is -0.508 e. The van der Waals surface area contributed by atoms with Crippen molar-refractivity contribution in [1.29, 1.82) is 0 Å². The molecule has 0 amide bonds. The fraction of sp³-hybridized carbons (Fsp3) is 0.467. The quantitative estimate of drug-likeness (QED) is 0.522. The Balaban J connectivity index is 2.11. The van der Waals surface area contributed by atoms with Crippen molar-refractivity contribution in [2.24, 2.45) is 0 Å². The van der Waals surface area contributed by atoms with Crippen molar-refractivity contribution in [3.05, 3.63) is 42.5 Å². The Bertz CT molecular complexity index is 335. The summed E-state index contributed by atoms with van der Waals surface area (Å²) >= 11 is 0. The number of hydrogen-bond donors (Lipinski definition) is 2. The van der Waals surface area contributed by atoms with Gasteiger partial charge < -0.3 is 15.2 Å². The summed E-state index contributed by atoms with van der Waals surface area (Å²) in [5.41, 5.74) is 1.22. The van der Waals surface area contributed by atoms with Crippen molar-refractivity contribution in [3.8, 4) is 5.75 Å². The monoisotopic (exact) mass is 249 g/mol. The number of nitrogens with one attached hydrogen (secondary N) is 1. The van der Waals surface area contributed by atoms with Gasteiger partial charge in [0.25, 0.3) is 0 Å². The van der Waals surface area contributed by atoms with E-state index in [0.29, 0.717) is 11.8 Å². The standard InChI is InChI=1S/C15H23NO2/c1-3-4-10-18-11-9-16-13(2)12-14-5-7-15(17)8-6-14/h3,5-8,13,16-17H,1,4,9-12H2,2H3. The Morgan fingerprint density at radius 1 is 1.33 bits per heavy atom. The lowest BCUT2D eigenvalue weighted by Gasteiger charge is -2.14. The first-order chi connectivity index (χ1) is 8.72. The fourth-order valence-electron chi connectivity index (χ4n) is 1.70. The van der Waals surface area contributed by atoms with Gasteiger partial charge in [0.05, 0.1) is 13.2 Å². The number of phenolic OH excluding ortho intramolecular Hbond substituents is 1. The van der Waals surface area contributed by atoms with Gasteiger partial charge in [0, 0.05) is 12.6 Å². The van der Waals surface area contributed by atoms with Crippen LogP contribution in [0.2, 0.25) is 0 Å². The maximum atomic E-state index is 9.20. The molecule has 0 fully saturated rings. The van der Waals surface area contributed by atoms with Crippen molar-refractivity contribution in [3.63, 3.8) is 0 Å². The highest BCUT2D eigenvalue weighted by Gasteiger charge is 2.02. The number of hydrogen-bond acceptors (Lipinski definition) is 3. The molecular weight excluding hydrogens is 226 g/mol. The molecule has 100 valence electrons. The molecule has 18 heavy (non-hydrogen) atoms. The molecule has 0 aliphatic carbocycles. The molecule has 0 heterocycles. The molecule has 1 unspecified atom stereocenters. The maximum absolute atomic E-state index is 9.20. The molecular formula is C15H23NO2. The summed E-state index contributed by atoms with van der Waals surface area (Å²) in [6, 6.07) is 7.75. The zero-order valence-corrected chi connectivity index (χ0v) is 11.1. The number of benzene rings is 1. The van der Waals surface area contributed by atoms with Crippen LogP contribution in [-0.2, 0) is 11.2 Å². The number of rotatable bonds is 9. The third kappa shape index (κ3) is 6.42. The summed E-state index contributed by atoms with van der Waals surface area (Å²) in [5.74, 6) is 0.315. The van der Waals surface area contributed by atoms with Gasteiger partial charge in [-0.15, -0.1) is 6.58 Å².